The fourth-order valence-corrected chi connectivity index (χ4v) is 8.92. The Morgan fingerprint density at radius 2 is 1.48 bits per heavy atom. The van der Waals surface area contributed by atoms with Crippen molar-refractivity contribution in [1.82, 2.24) is 0 Å². The van der Waals surface area contributed by atoms with Gasteiger partial charge >= 0.3 is 0 Å². The summed E-state index contributed by atoms with van der Waals surface area (Å²) in [5.74, 6) is -0.833. The quantitative estimate of drug-likeness (QED) is 0.595. The second-order valence-electron chi connectivity index (χ2n) is 6.68. The van der Waals surface area contributed by atoms with E-state index in [0.29, 0.717) is 16.6 Å². The minimum Gasteiger partial charge on any atom is -0.481 e. The van der Waals surface area contributed by atoms with Gasteiger partial charge in [0.2, 0.25) is 8.32 Å². The number of aliphatic hydroxyl groups is 1. The molecule has 0 bridgehead atoms. The summed E-state index contributed by atoms with van der Waals surface area (Å²) in [5.41, 5.74) is 1.82. The zero-order valence-electron chi connectivity index (χ0n) is 14.5. The molecule has 5 heteroatoms. The molecule has 2 atom stereocenters. The van der Waals surface area contributed by atoms with Gasteiger partial charge < -0.3 is 14.6 Å². The van der Waals surface area contributed by atoms with Gasteiger partial charge in [-0.2, -0.15) is 0 Å². The number of aliphatic hydroxyl groups excluding tert-OH is 1. The number of rotatable bonds is 5. The Kier molecular flexibility index (Phi) is 8.44. The summed E-state index contributed by atoms with van der Waals surface area (Å²) in [6.07, 6.45) is 4.47. The molecular formula is C16H32O4Si. The van der Waals surface area contributed by atoms with Crippen LogP contribution in [0.2, 0.25) is 16.6 Å². The highest BCUT2D eigenvalue weighted by Crippen LogP contribution is 2.43. The lowest BCUT2D eigenvalue weighted by Gasteiger charge is -2.43. The highest BCUT2D eigenvalue weighted by Gasteiger charge is 2.46. The molecule has 0 aliphatic heterocycles. The van der Waals surface area contributed by atoms with Crippen LogP contribution in [-0.2, 0) is 9.22 Å². The first-order valence-corrected chi connectivity index (χ1v) is 9.91. The fraction of sp³-hybridized carbons (Fsp3) is 0.812. The van der Waals surface area contributed by atoms with Crippen LogP contribution in [0.15, 0.2) is 12.2 Å². The second-order valence-corrected chi connectivity index (χ2v) is 12.1. The lowest BCUT2D eigenvalue weighted by Crippen LogP contribution is -2.49. The van der Waals surface area contributed by atoms with Crippen LogP contribution in [0, 0.1) is 0 Å². The molecule has 0 spiro atoms. The van der Waals surface area contributed by atoms with Crippen molar-refractivity contribution in [2.75, 3.05) is 0 Å². The smallest absolute Gasteiger partial charge is 0.300 e. The molecule has 1 aliphatic carbocycles. The van der Waals surface area contributed by atoms with Crippen molar-refractivity contribution in [3.05, 3.63) is 12.2 Å². The van der Waals surface area contributed by atoms with Gasteiger partial charge in [0.1, 0.15) is 0 Å². The summed E-state index contributed by atoms with van der Waals surface area (Å²) in [6.45, 7) is 14.8. The van der Waals surface area contributed by atoms with E-state index >= 15 is 0 Å². The normalized spacial score (nSPS) is 21.9. The third kappa shape index (κ3) is 5.92. The SMILES string of the molecule is CC(=O)O.CC(C)[Si](OC1C=CC(O)C1)(C(C)C)C(C)C. The summed E-state index contributed by atoms with van der Waals surface area (Å²) in [7, 11) is -1.78. The molecule has 0 aromatic rings. The average Bonchev–Trinajstić information content (AvgIpc) is 2.69. The van der Waals surface area contributed by atoms with Gasteiger partial charge in [-0.15, -0.1) is 0 Å². The molecule has 0 saturated carbocycles. The van der Waals surface area contributed by atoms with Crippen molar-refractivity contribution in [2.45, 2.75) is 83.7 Å². The van der Waals surface area contributed by atoms with E-state index < -0.39 is 14.3 Å². The fourth-order valence-electron chi connectivity index (χ4n) is 3.41. The van der Waals surface area contributed by atoms with Gasteiger partial charge in [-0.3, -0.25) is 4.79 Å². The zero-order chi connectivity index (χ0) is 16.8. The van der Waals surface area contributed by atoms with Gasteiger partial charge in [0.15, 0.2) is 0 Å². The highest BCUT2D eigenvalue weighted by molar-refractivity contribution is 6.77. The molecule has 0 heterocycles. The van der Waals surface area contributed by atoms with Crippen LogP contribution >= 0.6 is 0 Å². The maximum Gasteiger partial charge on any atom is 0.300 e. The number of aliphatic carboxylic acids is 1. The van der Waals surface area contributed by atoms with Crippen LogP contribution in [0.1, 0.15) is 54.9 Å². The van der Waals surface area contributed by atoms with Gasteiger partial charge in [0.25, 0.3) is 5.97 Å². The van der Waals surface area contributed by atoms with Crippen LogP contribution in [0.4, 0.5) is 0 Å². The molecule has 2 unspecified atom stereocenters. The molecular weight excluding hydrogens is 284 g/mol. The van der Waals surface area contributed by atoms with Crippen molar-refractivity contribution in [2.24, 2.45) is 0 Å². The summed E-state index contributed by atoms with van der Waals surface area (Å²) in [5, 5.41) is 17.0. The van der Waals surface area contributed by atoms with Crippen LogP contribution in [0.25, 0.3) is 0 Å². The summed E-state index contributed by atoms with van der Waals surface area (Å²) in [4.78, 5) is 9.00. The largest absolute Gasteiger partial charge is 0.481 e. The molecule has 1 rings (SSSR count). The van der Waals surface area contributed by atoms with Crippen LogP contribution in [0.5, 0.6) is 0 Å². The Morgan fingerprint density at radius 3 is 1.71 bits per heavy atom. The Morgan fingerprint density at radius 1 is 1.10 bits per heavy atom. The summed E-state index contributed by atoms with van der Waals surface area (Å²) >= 11 is 0. The number of carbonyl (C=O) groups is 1. The van der Waals surface area contributed by atoms with Crippen LogP contribution in [-0.4, -0.2) is 36.7 Å². The highest BCUT2D eigenvalue weighted by atomic mass is 28.4. The Hall–Kier alpha value is -0.653. The van der Waals surface area contributed by atoms with Crippen LogP contribution in [0.3, 0.4) is 0 Å². The van der Waals surface area contributed by atoms with E-state index in [1.165, 1.54) is 0 Å². The van der Waals surface area contributed by atoms with E-state index in [1.54, 1.807) is 0 Å². The predicted molar refractivity (Wildman–Crippen MR) is 89.0 cm³/mol. The Bertz CT molecular complexity index is 324. The third-order valence-corrected chi connectivity index (χ3v) is 10.2. The maximum atomic E-state index is 9.56. The van der Waals surface area contributed by atoms with Gasteiger partial charge in [-0.1, -0.05) is 53.7 Å². The number of hydrogen-bond acceptors (Lipinski definition) is 3. The molecule has 0 aromatic heterocycles. The molecule has 0 fully saturated rings. The predicted octanol–water partition coefficient (Wildman–Crippen LogP) is 3.96. The standard InChI is InChI=1S/C14H28O2Si.C2H4O2/c1-10(2)17(11(3)4,12(5)6)16-14-8-7-13(15)9-14;1-2(3)4/h7-8,10-15H,9H2,1-6H3;1H3,(H,3,4). The van der Waals surface area contributed by atoms with Crippen LogP contribution < -0.4 is 0 Å². The first kappa shape index (κ1) is 20.3. The Labute approximate surface area is 130 Å². The van der Waals surface area contributed by atoms with E-state index in [2.05, 4.69) is 41.5 Å². The lowest BCUT2D eigenvalue weighted by molar-refractivity contribution is -0.134. The van der Waals surface area contributed by atoms with E-state index in [1.807, 2.05) is 12.2 Å². The molecule has 124 valence electrons. The number of hydrogen-bond donors (Lipinski definition) is 2. The number of carboxylic acids is 1. The van der Waals surface area contributed by atoms with Crippen molar-refractivity contribution < 1.29 is 19.4 Å². The van der Waals surface area contributed by atoms with E-state index in [4.69, 9.17) is 14.3 Å². The molecule has 2 N–H and O–H groups in total. The maximum absolute atomic E-state index is 9.56. The van der Waals surface area contributed by atoms with Crippen molar-refractivity contribution in [3.8, 4) is 0 Å². The van der Waals surface area contributed by atoms with Gasteiger partial charge in [0.05, 0.1) is 12.2 Å². The van der Waals surface area contributed by atoms with Gasteiger partial charge in [-0.25, -0.2) is 0 Å². The first-order valence-electron chi connectivity index (χ1n) is 7.77. The first-order chi connectivity index (χ1) is 9.53. The molecule has 0 aromatic carbocycles. The topological polar surface area (TPSA) is 66.8 Å². The van der Waals surface area contributed by atoms with Crippen molar-refractivity contribution in [3.63, 3.8) is 0 Å². The van der Waals surface area contributed by atoms with E-state index in [9.17, 15) is 5.11 Å². The van der Waals surface area contributed by atoms with Gasteiger partial charge in [0, 0.05) is 13.3 Å². The molecule has 0 amide bonds. The summed E-state index contributed by atoms with van der Waals surface area (Å²) < 4.78 is 6.55. The monoisotopic (exact) mass is 316 g/mol. The number of carboxylic acid groups (broad SMARTS) is 1. The Balaban J connectivity index is 0.000000885. The minimum atomic E-state index is -1.78. The lowest BCUT2D eigenvalue weighted by atomic mass is 10.3. The molecule has 0 saturated heterocycles. The average molecular weight is 317 g/mol. The third-order valence-electron chi connectivity index (χ3n) is 4.08. The minimum absolute atomic E-state index is 0.129. The van der Waals surface area contributed by atoms with E-state index in [-0.39, 0.29) is 12.2 Å². The second kappa shape index (κ2) is 8.71. The van der Waals surface area contributed by atoms with Gasteiger partial charge in [-0.05, 0) is 16.6 Å². The van der Waals surface area contributed by atoms with Crippen molar-refractivity contribution >= 4 is 14.3 Å². The van der Waals surface area contributed by atoms with Crippen molar-refractivity contribution in [1.29, 1.82) is 0 Å². The molecule has 0 radical (unpaired) electrons. The zero-order valence-corrected chi connectivity index (χ0v) is 15.5. The molecule has 4 nitrogen and oxygen atoms in total. The van der Waals surface area contributed by atoms with E-state index in [0.717, 1.165) is 13.3 Å². The molecule has 1 aliphatic rings. The molecule has 21 heavy (non-hydrogen) atoms. The summed E-state index contributed by atoms with van der Waals surface area (Å²) in [6, 6.07) is 0.